The number of nitrogens with zero attached hydrogens (tertiary/aromatic N) is 1. The molecular weight excluding hydrogens is 242 g/mol. The van der Waals surface area contributed by atoms with Gasteiger partial charge < -0.3 is 10.6 Å². The smallest absolute Gasteiger partial charge is 0.126 e. The molecule has 0 amide bonds. The minimum absolute atomic E-state index is 0.157. The number of amidine groups is 1. The van der Waals surface area contributed by atoms with Crippen molar-refractivity contribution >= 4 is 23.3 Å². The van der Waals surface area contributed by atoms with E-state index in [-0.39, 0.29) is 5.84 Å². The number of rotatable bonds is 7. The van der Waals surface area contributed by atoms with Crippen LogP contribution in [0, 0.1) is 5.41 Å². The Morgan fingerprint density at radius 3 is 2.67 bits per heavy atom. The third-order valence-electron chi connectivity index (χ3n) is 2.83. The highest BCUT2D eigenvalue weighted by atomic mass is 32.2. The Morgan fingerprint density at radius 1 is 1.39 bits per heavy atom. The van der Waals surface area contributed by atoms with Crippen molar-refractivity contribution in [2.24, 2.45) is 5.73 Å². The Balaban J connectivity index is 3.09. The lowest BCUT2D eigenvalue weighted by molar-refractivity contribution is 0.765. The van der Waals surface area contributed by atoms with Crippen molar-refractivity contribution in [2.45, 2.75) is 31.6 Å². The van der Waals surface area contributed by atoms with Crippen LogP contribution >= 0.6 is 11.8 Å². The summed E-state index contributed by atoms with van der Waals surface area (Å²) < 4.78 is 0. The van der Waals surface area contributed by atoms with Crippen LogP contribution in [0.4, 0.5) is 5.69 Å². The van der Waals surface area contributed by atoms with Gasteiger partial charge in [-0.1, -0.05) is 26.3 Å². The van der Waals surface area contributed by atoms with Crippen LogP contribution in [0.25, 0.3) is 0 Å². The molecule has 0 heterocycles. The molecule has 0 aliphatic rings. The Labute approximate surface area is 114 Å². The summed E-state index contributed by atoms with van der Waals surface area (Å²) in [6.07, 6.45) is 2.32. The summed E-state index contributed by atoms with van der Waals surface area (Å²) in [5, 5.41) is 7.80. The predicted molar refractivity (Wildman–Crippen MR) is 82.0 cm³/mol. The number of nitrogens with two attached hydrogens (primary N) is 1. The van der Waals surface area contributed by atoms with Gasteiger partial charge in [-0.3, -0.25) is 5.41 Å². The maximum Gasteiger partial charge on any atom is 0.126 e. The number of benzene rings is 1. The van der Waals surface area contributed by atoms with Gasteiger partial charge in [-0.2, -0.15) is 0 Å². The number of hydrogen-bond donors (Lipinski definition) is 2. The van der Waals surface area contributed by atoms with Crippen LogP contribution in [0.15, 0.2) is 23.1 Å². The number of nitrogen functional groups attached to an aromatic ring is 1. The van der Waals surface area contributed by atoms with Crippen LogP contribution in [0.2, 0.25) is 0 Å². The van der Waals surface area contributed by atoms with Crippen molar-refractivity contribution in [3.8, 4) is 0 Å². The van der Waals surface area contributed by atoms with Crippen molar-refractivity contribution in [1.82, 2.24) is 0 Å². The molecule has 0 saturated carbocycles. The van der Waals surface area contributed by atoms with Crippen molar-refractivity contribution in [3.63, 3.8) is 0 Å². The molecule has 3 nitrogen and oxygen atoms in total. The molecule has 1 aromatic rings. The molecule has 0 atom stereocenters. The van der Waals surface area contributed by atoms with Crippen LogP contribution in [0.5, 0.6) is 0 Å². The van der Waals surface area contributed by atoms with Crippen molar-refractivity contribution < 1.29 is 0 Å². The van der Waals surface area contributed by atoms with E-state index in [0.29, 0.717) is 0 Å². The number of nitrogens with one attached hydrogen (secondary N) is 1. The van der Waals surface area contributed by atoms with Gasteiger partial charge in [-0.25, -0.2) is 0 Å². The molecule has 3 N–H and O–H groups in total. The molecule has 1 rings (SSSR count). The summed E-state index contributed by atoms with van der Waals surface area (Å²) in [5.41, 5.74) is 7.70. The van der Waals surface area contributed by atoms with Gasteiger partial charge >= 0.3 is 0 Å². The van der Waals surface area contributed by atoms with E-state index in [2.05, 4.69) is 25.8 Å². The highest BCUT2D eigenvalue weighted by molar-refractivity contribution is 7.99. The lowest BCUT2D eigenvalue weighted by Crippen LogP contribution is -2.24. The Hall–Kier alpha value is -1.16. The second-order valence-corrected chi connectivity index (χ2v) is 5.58. The topological polar surface area (TPSA) is 53.1 Å². The molecule has 18 heavy (non-hydrogen) atoms. The molecule has 1 aromatic carbocycles. The fraction of sp³-hybridized carbons (Fsp3) is 0.500. The van der Waals surface area contributed by atoms with Crippen molar-refractivity contribution in [3.05, 3.63) is 23.8 Å². The van der Waals surface area contributed by atoms with Gasteiger partial charge in [-0.15, -0.1) is 11.8 Å². The minimum Gasteiger partial charge on any atom is -0.384 e. The molecule has 0 fully saturated rings. The fourth-order valence-electron chi connectivity index (χ4n) is 1.90. The second-order valence-electron chi connectivity index (χ2n) is 4.27. The van der Waals surface area contributed by atoms with Crippen LogP contribution < -0.4 is 10.6 Å². The molecule has 0 aliphatic heterocycles. The Kier molecular flexibility index (Phi) is 6.05. The highest BCUT2D eigenvalue weighted by Gasteiger charge is 2.14. The quantitative estimate of drug-likeness (QED) is 0.452. The van der Waals surface area contributed by atoms with Crippen LogP contribution in [0.1, 0.15) is 32.3 Å². The van der Waals surface area contributed by atoms with E-state index < -0.39 is 0 Å². The molecular formula is C14H23N3S. The van der Waals surface area contributed by atoms with E-state index in [1.54, 1.807) is 11.8 Å². The number of thioether (sulfide) groups is 1. The van der Waals surface area contributed by atoms with Crippen molar-refractivity contribution in [1.29, 1.82) is 5.41 Å². The largest absolute Gasteiger partial charge is 0.384 e. The zero-order valence-electron chi connectivity index (χ0n) is 11.5. The number of hydrogen-bond acceptors (Lipinski definition) is 3. The summed E-state index contributed by atoms with van der Waals surface area (Å²) in [7, 11) is 2.07. The third-order valence-corrected chi connectivity index (χ3v) is 3.77. The van der Waals surface area contributed by atoms with E-state index in [9.17, 15) is 0 Å². The zero-order chi connectivity index (χ0) is 13.5. The van der Waals surface area contributed by atoms with E-state index in [4.69, 9.17) is 11.1 Å². The molecule has 0 aliphatic carbocycles. The maximum atomic E-state index is 7.80. The first-order chi connectivity index (χ1) is 8.61. The molecule has 100 valence electrons. The first-order valence-electron chi connectivity index (χ1n) is 6.43. The summed E-state index contributed by atoms with van der Waals surface area (Å²) >= 11 is 1.74. The Morgan fingerprint density at radius 2 is 2.11 bits per heavy atom. The average molecular weight is 265 g/mol. The van der Waals surface area contributed by atoms with E-state index in [1.165, 1.54) is 6.42 Å². The van der Waals surface area contributed by atoms with Gasteiger partial charge in [0.25, 0.3) is 0 Å². The van der Waals surface area contributed by atoms with Gasteiger partial charge in [0.1, 0.15) is 5.84 Å². The van der Waals surface area contributed by atoms with Crippen LogP contribution in [-0.4, -0.2) is 25.2 Å². The lowest BCUT2D eigenvalue weighted by atomic mass is 10.1. The van der Waals surface area contributed by atoms with Gasteiger partial charge in [0.2, 0.25) is 0 Å². The van der Waals surface area contributed by atoms with Crippen molar-refractivity contribution in [2.75, 3.05) is 24.2 Å². The SMILES string of the molecule is CCCCN(C)c1cccc(SCC)c1C(=N)N. The lowest BCUT2D eigenvalue weighted by Gasteiger charge is -2.23. The highest BCUT2D eigenvalue weighted by Crippen LogP contribution is 2.30. The molecule has 0 bridgehead atoms. The molecule has 0 aromatic heterocycles. The monoisotopic (exact) mass is 265 g/mol. The number of unbranched alkanes of at least 4 members (excludes halogenated alkanes) is 1. The first kappa shape index (κ1) is 14.9. The minimum atomic E-state index is 0.157. The van der Waals surface area contributed by atoms with Gasteiger partial charge in [0.15, 0.2) is 0 Å². The van der Waals surface area contributed by atoms with Crippen LogP contribution in [0.3, 0.4) is 0 Å². The van der Waals surface area contributed by atoms with Gasteiger partial charge in [-0.05, 0) is 24.3 Å². The molecule has 4 heteroatoms. The van der Waals surface area contributed by atoms with Gasteiger partial charge in [0.05, 0.1) is 5.56 Å². The van der Waals surface area contributed by atoms with E-state index >= 15 is 0 Å². The maximum absolute atomic E-state index is 7.80. The van der Waals surface area contributed by atoms with E-state index in [1.807, 2.05) is 18.2 Å². The summed E-state index contributed by atoms with van der Waals surface area (Å²) in [6, 6.07) is 6.14. The molecule has 0 radical (unpaired) electrons. The van der Waals surface area contributed by atoms with Crippen LogP contribution in [-0.2, 0) is 0 Å². The summed E-state index contributed by atoms with van der Waals surface area (Å²) in [4.78, 5) is 3.30. The molecule has 0 unspecified atom stereocenters. The average Bonchev–Trinajstić information content (AvgIpc) is 2.35. The number of anilines is 1. The predicted octanol–water partition coefficient (Wildman–Crippen LogP) is 3.32. The summed E-state index contributed by atoms with van der Waals surface area (Å²) in [6.45, 7) is 5.29. The summed E-state index contributed by atoms with van der Waals surface area (Å²) in [5.74, 6) is 1.15. The Bertz CT molecular complexity index is 404. The molecule has 0 saturated heterocycles. The zero-order valence-corrected chi connectivity index (χ0v) is 12.3. The van der Waals surface area contributed by atoms with Gasteiger partial charge in [0, 0.05) is 24.2 Å². The first-order valence-corrected chi connectivity index (χ1v) is 7.41. The standard InChI is InChI=1S/C14H23N3S/c1-4-6-10-17(3)11-8-7-9-12(18-5-2)13(11)14(15)16/h7-9H,4-6,10H2,1-3H3,(H3,15,16). The fourth-order valence-corrected chi connectivity index (χ4v) is 2.74. The normalized spacial score (nSPS) is 10.4. The molecule has 0 spiro atoms. The second kappa shape index (κ2) is 7.31. The van der Waals surface area contributed by atoms with E-state index in [0.717, 1.165) is 34.9 Å². The third kappa shape index (κ3) is 3.67.